The molecule has 0 aromatic heterocycles. The zero-order valence-corrected chi connectivity index (χ0v) is 11.1. The number of likely N-dealkylation sites (tertiary alicyclic amines) is 1. The van der Waals surface area contributed by atoms with E-state index < -0.39 is 0 Å². The van der Waals surface area contributed by atoms with Crippen LogP contribution < -0.4 is 10.6 Å². The summed E-state index contributed by atoms with van der Waals surface area (Å²) in [6.07, 6.45) is 6.93. The zero-order chi connectivity index (χ0) is 12.3. The zero-order valence-electron chi connectivity index (χ0n) is 11.1. The minimum absolute atomic E-state index is 0.190. The molecule has 1 saturated heterocycles. The van der Waals surface area contributed by atoms with Crippen LogP contribution in [0, 0.1) is 0 Å². The SMILES string of the molecule is CNCCCC(=O)NCCN1CCCCCC1. The number of hydrogen-bond donors (Lipinski definition) is 2. The Balaban J connectivity index is 1.99. The minimum atomic E-state index is 0.190. The van der Waals surface area contributed by atoms with E-state index in [1.165, 1.54) is 38.8 Å². The summed E-state index contributed by atoms with van der Waals surface area (Å²) in [5, 5.41) is 6.05. The van der Waals surface area contributed by atoms with E-state index in [0.29, 0.717) is 6.42 Å². The second kappa shape index (κ2) is 9.42. The molecule has 0 radical (unpaired) electrons. The molecule has 1 heterocycles. The van der Waals surface area contributed by atoms with Crippen LogP contribution in [0.4, 0.5) is 0 Å². The van der Waals surface area contributed by atoms with Gasteiger partial charge in [0.05, 0.1) is 0 Å². The number of amides is 1. The van der Waals surface area contributed by atoms with Crippen LogP contribution in [0.1, 0.15) is 38.5 Å². The standard InChI is InChI=1S/C13H27N3O/c1-14-8-6-7-13(17)15-9-12-16-10-4-2-3-5-11-16/h14H,2-12H2,1H3,(H,15,17). The van der Waals surface area contributed by atoms with Gasteiger partial charge in [0.15, 0.2) is 0 Å². The van der Waals surface area contributed by atoms with Gasteiger partial charge in [-0.1, -0.05) is 12.8 Å². The maximum atomic E-state index is 11.5. The summed E-state index contributed by atoms with van der Waals surface area (Å²) in [5.41, 5.74) is 0. The van der Waals surface area contributed by atoms with Crippen molar-refractivity contribution in [2.45, 2.75) is 38.5 Å². The highest BCUT2D eigenvalue weighted by molar-refractivity contribution is 5.75. The monoisotopic (exact) mass is 241 g/mol. The van der Waals surface area contributed by atoms with Crippen molar-refractivity contribution in [3.63, 3.8) is 0 Å². The van der Waals surface area contributed by atoms with Gasteiger partial charge >= 0.3 is 0 Å². The molecular weight excluding hydrogens is 214 g/mol. The molecule has 0 atom stereocenters. The molecule has 0 spiro atoms. The van der Waals surface area contributed by atoms with Gasteiger partial charge in [0.2, 0.25) is 5.91 Å². The largest absolute Gasteiger partial charge is 0.355 e. The number of hydrogen-bond acceptors (Lipinski definition) is 3. The first-order valence-corrected chi connectivity index (χ1v) is 6.96. The molecule has 1 aliphatic heterocycles. The Morgan fingerprint density at radius 2 is 1.82 bits per heavy atom. The van der Waals surface area contributed by atoms with Crippen molar-refractivity contribution >= 4 is 5.91 Å². The van der Waals surface area contributed by atoms with Gasteiger partial charge in [-0.15, -0.1) is 0 Å². The fourth-order valence-electron chi connectivity index (χ4n) is 2.23. The summed E-state index contributed by atoms with van der Waals surface area (Å²) in [4.78, 5) is 13.9. The topological polar surface area (TPSA) is 44.4 Å². The van der Waals surface area contributed by atoms with Crippen molar-refractivity contribution in [3.05, 3.63) is 0 Å². The van der Waals surface area contributed by atoms with E-state index in [1.54, 1.807) is 0 Å². The Labute approximate surface area is 105 Å². The highest BCUT2D eigenvalue weighted by Crippen LogP contribution is 2.08. The number of nitrogens with zero attached hydrogens (tertiary/aromatic N) is 1. The molecular formula is C13H27N3O. The predicted molar refractivity (Wildman–Crippen MR) is 71.1 cm³/mol. The molecule has 0 unspecified atom stereocenters. The Kier molecular flexibility index (Phi) is 8.01. The lowest BCUT2D eigenvalue weighted by Crippen LogP contribution is -2.35. The third-order valence-electron chi connectivity index (χ3n) is 3.28. The number of carbonyl (C=O) groups is 1. The van der Waals surface area contributed by atoms with Crippen LogP contribution in [0.2, 0.25) is 0 Å². The van der Waals surface area contributed by atoms with Crippen molar-refractivity contribution in [3.8, 4) is 0 Å². The van der Waals surface area contributed by atoms with E-state index >= 15 is 0 Å². The number of nitrogens with one attached hydrogen (secondary N) is 2. The van der Waals surface area contributed by atoms with Crippen LogP contribution in [0.5, 0.6) is 0 Å². The molecule has 0 aromatic rings. The van der Waals surface area contributed by atoms with Gasteiger partial charge in [0.25, 0.3) is 0 Å². The lowest BCUT2D eigenvalue weighted by molar-refractivity contribution is -0.121. The third kappa shape index (κ3) is 7.34. The smallest absolute Gasteiger partial charge is 0.220 e. The van der Waals surface area contributed by atoms with E-state index in [0.717, 1.165) is 26.1 Å². The van der Waals surface area contributed by atoms with Crippen molar-refractivity contribution in [1.82, 2.24) is 15.5 Å². The van der Waals surface area contributed by atoms with Crippen LogP contribution >= 0.6 is 0 Å². The summed E-state index contributed by atoms with van der Waals surface area (Å²) in [6, 6.07) is 0. The molecule has 17 heavy (non-hydrogen) atoms. The van der Waals surface area contributed by atoms with Crippen molar-refractivity contribution in [1.29, 1.82) is 0 Å². The molecule has 1 aliphatic rings. The molecule has 100 valence electrons. The summed E-state index contributed by atoms with van der Waals surface area (Å²) in [6.45, 7) is 5.14. The van der Waals surface area contributed by atoms with Crippen LogP contribution in [-0.4, -0.2) is 50.6 Å². The van der Waals surface area contributed by atoms with Crippen LogP contribution in [-0.2, 0) is 4.79 Å². The molecule has 0 aromatic carbocycles. The first-order chi connectivity index (χ1) is 8.33. The van der Waals surface area contributed by atoms with E-state index in [4.69, 9.17) is 0 Å². The lowest BCUT2D eigenvalue weighted by Gasteiger charge is -2.19. The van der Waals surface area contributed by atoms with Gasteiger partial charge < -0.3 is 15.5 Å². The van der Waals surface area contributed by atoms with Gasteiger partial charge in [0.1, 0.15) is 0 Å². The van der Waals surface area contributed by atoms with Crippen molar-refractivity contribution in [2.24, 2.45) is 0 Å². The first-order valence-electron chi connectivity index (χ1n) is 6.96. The fraction of sp³-hybridized carbons (Fsp3) is 0.923. The normalized spacial score (nSPS) is 17.7. The van der Waals surface area contributed by atoms with Crippen LogP contribution in [0.3, 0.4) is 0 Å². The Morgan fingerprint density at radius 1 is 1.12 bits per heavy atom. The number of carbonyl (C=O) groups excluding carboxylic acids is 1. The maximum absolute atomic E-state index is 11.5. The van der Waals surface area contributed by atoms with E-state index in [1.807, 2.05) is 7.05 Å². The molecule has 1 fully saturated rings. The third-order valence-corrected chi connectivity index (χ3v) is 3.28. The predicted octanol–water partition coefficient (Wildman–Crippen LogP) is 0.978. The molecule has 0 aliphatic carbocycles. The Bertz CT molecular complexity index is 201. The van der Waals surface area contributed by atoms with Crippen molar-refractivity contribution in [2.75, 3.05) is 39.8 Å². The van der Waals surface area contributed by atoms with Crippen LogP contribution in [0.25, 0.3) is 0 Å². The van der Waals surface area contributed by atoms with Gasteiger partial charge in [0, 0.05) is 19.5 Å². The summed E-state index contributed by atoms with van der Waals surface area (Å²) < 4.78 is 0. The molecule has 4 nitrogen and oxygen atoms in total. The fourth-order valence-corrected chi connectivity index (χ4v) is 2.23. The van der Waals surface area contributed by atoms with Gasteiger partial charge in [-0.2, -0.15) is 0 Å². The average Bonchev–Trinajstić information content (AvgIpc) is 2.58. The van der Waals surface area contributed by atoms with E-state index in [-0.39, 0.29) is 5.91 Å². The molecule has 2 N–H and O–H groups in total. The van der Waals surface area contributed by atoms with Gasteiger partial charge in [-0.3, -0.25) is 4.79 Å². The quantitative estimate of drug-likeness (QED) is 0.653. The molecule has 0 bridgehead atoms. The second-order valence-electron chi connectivity index (χ2n) is 4.81. The van der Waals surface area contributed by atoms with Crippen molar-refractivity contribution < 1.29 is 4.79 Å². The molecule has 0 saturated carbocycles. The highest BCUT2D eigenvalue weighted by atomic mass is 16.1. The summed E-state index contributed by atoms with van der Waals surface area (Å²) in [5.74, 6) is 0.190. The average molecular weight is 241 g/mol. The second-order valence-corrected chi connectivity index (χ2v) is 4.81. The maximum Gasteiger partial charge on any atom is 0.220 e. The lowest BCUT2D eigenvalue weighted by atomic mass is 10.2. The summed E-state index contributed by atoms with van der Waals surface area (Å²) >= 11 is 0. The Morgan fingerprint density at radius 3 is 2.47 bits per heavy atom. The first kappa shape index (κ1) is 14.5. The molecule has 1 rings (SSSR count). The van der Waals surface area contributed by atoms with E-state index in [9.17, 15) is 4.79 Å². The van der Waals surface area contributed by atoms with Gasteiger partial charge in [-0.05, 0) is 45.9 Å². The van der Waals surface area contributed by atoms with E-state index in [2.05, 4.69) is 15.5 Å². The summed E-state index contributed by atoms with van der Waals surface area (Å²) in [7, 11) is 1.91. The molecule has 4 heteroatoms. The Hall–Kier alpha value is -0.610. The van der Waals surface area contributed by atoms with Crippen LogP contribution in [0.15, 0.2) is 0 Å². The minimum Gasteiger partial charge on any atom is -0.355 e. The van der Waals surface area contributed by atoms with Gasteiger partial charge in [-0.25, -0.2) is 0 Å². The molecule has 1 amide bonds. The number of rotatable bonds is 7. The highest BCUT2D eigenvalue weighted by Gasteiger charge is 2.08.